The molecule has 44 heavy (non-hydrogen) atoms. The Hall–Kier alpha value is -4.12. The Morgan fingerprint density at radius 1 is 1.09 bits per heavy atom. The fourth-order valence-electron chi connectivity index (χ4n) is 5.34. The van der Waals surface area contributed by atoms with Crippen LogP contribution in [-0.4, -0.2) is 52.8 Å². The second-order valence-corrected chi connectivity index (χ2v) is 12.2. The van der Waals surface area contributed by atoms with Crippen LogP contribution in [0.1, 0.15) is 55.6 Å². The number of hydrogen-bond acceptors (Lipinski definition) is 5. The Morgan fingerprint density at radius 2 is 1.82 bits per heavy atom. The summed E-state index contributed by atoms with van der Waals surface area (Å²) in [4.78, 5) is 12.7. The highest BCUT2D eigenvalue weighted by molar-refractivity contribution is 5.96. The average Bonchev–Trinajstić information content (AvgIpc) is 3.37. The zero-order valence-corrected chi connectivity index (χ0v) is 25.6. The van der Waals surface area contributed by atoms with Crippen molar-refractivity contribution in [3.63, 3.8) is 0 Å². The van der Waals surface area contributed by atoms with Crippen molar-refractivity contribution < 1.29 is 32.2 Å². The van der Waals surface area contributed by atoms with E-state index in [4.69, 9.17) is 4.74 Å². The number of aromatic nitrogens is 2. The van der Waals surface area contributed by atoms with Gasteiger partial charge in [0.2, 0.25) is 0 Å². The van der Waals surface area contributed by atoms with E-state index in [0.29, 0.717) is 34.4 Å². The smallest absolute Gasteiger partial charge is 0.418 e. The zero-order valence-electron chi connectivity index (χ0n) is 25.6. The summed E-state index contributed by atoms with van der Waals surface area (Å²) in [6.07, 6.45) is -4.26. The molecule has 0 radical (unpaired) electrons. The van der Waals surface area contributed by atoms with E-state index in [-0.39, 0.29) is 23.1 Å². The minimum absolute atomic E-state index is 0.210. The van der Waals surface area contributed by atoms with Crippen LogP contribution >= 0.6 is 0 Å². The monoisotopic (exact) mass is 614 g/mol. The molecule has 11 heteroatoms. The summed E-state index contributed by atoms with van der Waals surface area (Å²) in [7, 11) is 1.35. The van der Waals surface area contributed by atoms with E-state index in [1.54, 1.807) is 41.9 Å². The van der Waals surface area contributed by atoms with Crippen LogP contribution in [0.15, 0.2) is 60.8 Å². The summed E-state index contributed by atoms with van der Waals surface area (Å²) >= 11 is 0. The Labute approximate surface area is 254 Å². The molecule has 0 saturated carbocycles. The number of ether oxygens (including phenoxy) is 1. The van der Waals surface area contributed by atoms with E-state index < -0.39 is 36.0 Å². The van der Waals surface area contributed by atoms with Crippen LogP contribution in [-0.2, 0) is 5.41 Å². The summed E-state index contributed by atoms with van der Waals surface area (Å²) in [5, 5.41) is 21.8. The largest absolute Gasteiger partial charge is 0.496 e. The van der Waals surface area contributed by atoms with Gasteiger partial charge in [0, 0.05) is 28.7 Å². The number of nitrogens with one attached hydrogen (secondary N) is 2. The van der Waals surface area contributed by atoms with Gasteiger partial charge in [0.1, 0.15) is 11.6 Å². The summed E-state index contributed by atoms with van der Waals surface area (Å²) in [5.41, 5.74) is -1.55. The predicted octanol–water partition coefficient (Wildman–Crippen LogP) is 6.94. The summed E-state index contributed by atoms with van der Waals surface area (Å²) in [6, 6.07) is 14.1. The first kappa shape index (κ1) is 32.8. The van der Waals surface area contributed by atoms with Crippen molar-refractivity contribution in [2.24, 2.45) is 5.92 Å². The summed E-state index contributed by atoms with van der Waals surface area (Å²) < 4.78 is 64.5. The number of alkyl halides is 3. The average molecular weight is 615 g/mol. The molecule has 4 aromatic rings. The highest BCUT2D eigenvalue weighted by atomic mass is 19.4. The standard InChI is InChI=1S/C33H38F4N4O3/c1-20(2)16-38-30(42)22-8-7-9-24(14-22)41-28-13-21(3)12-27(25(28)17-40-41)39-19-32(43,33(35,36)37)18-31(4,5)26-15-23(34)10-11-29(26)44-6/h7-15,17,20,39,43H,16,18-19H2,1-6H3,(H,38,42). The van der Waals surface area contributed by atoms with Crippen molar-refractivity contribution >= 4 is 22.5 Å². The van der Waals surface area contributed by atoms with Gasteiger partial charge in [0.05, 0.1) is 31.1 Å². The molecule has 1 aromatic heterocycles. The van der Waals surface area contributed by atoms with Crippen LogP contribution in [0.2, 0.25) is 0 Å². The Kier molecular flexibility index (Phi) is 9.29. The molecule has 0 spiro atoms. The van der Waals surface area contributed by atoms with E-state index in [9.17, 15) is 27.5 Å². The predicted molar refractivity (Wildman–Crippen MR) is 163 cm³/mol. The summed E-state index contributed by atoms with van der Waals surface area (Å²) in [6.45, 7) is 8.47. The van der Waals surface area contributed by atoms with Crippen molar-refractivity contribution in [2.75, 3.05) is 25.5 Å². The first-order valence-electron chi connectivity index (χ1n) is 14.3. The molecule has 7 nitrogen and oxygen atoms in total. The number of rotatable bonds is 11. The molecular weight excluding hydrogens is 576 g/mol. The number of aryl methyl sites for hydroxylation is 1. The second kappa shape index (κ2) is 12.5. The van der Waals surface area contributed by atoms with Gasteiger partial charge in [-0.1, -0.05) is 33.8 Å². The van der Waals surface area contributed by atoms with Gasteiger partial charge in [0.25, 0.3) is 5.91 Å². The molecule has 0 aliphatic heterocycles. The molecule has 0 fully saturated rings. The van der Waals surface area contributed by atoms with Gasteiger partial charge in [-0.05, 0) is 78.8 Å². The van der Waals surface area contributed by atoms with Crippen LogP contribution in [0.4, 0.5) is 23.2 Å². The minimum atomic E-state index is -5.01. The Bertz CT molecular complexity index is 1650. The lowest BCUT2D eigenvalue weighted by atomic mass is 9.74. The van der Waals surface area contributed by atoms with Crippen LogP contribution in [0.5, 0.6) is 5.75 Å². The molecule has 1 heterocycles. The first-order valence-corrected chi connectivity index (χ1v) is 14.3. The van der Waals surface area contributed by atoms with Gasteiger partial charge in [-0.25, -0.2) is 9.07 Å². The molecule has 4 rings (SSSR count). The van der Waals surface area contributed by atoms with Gasteiger partial charge < -0.3 is 20.5 Å². The molecule has 0 aliphatic rings. The number of carbonyl (C=O) groups excluding carboxylic acids is 1. The van der Waals surface area contributed by atoms with Crippen molar-refractivity contribution in [2.45, 2.75) is 58.2 Å². The third-order valence-corrected chi connectivity index (χ3v) is 7.58. The maximum absolute atomic E-state index is 14.5. The maximum atomic E-state index is 14.5. The van der Waals surface area contributed by atoms with Gasteiger partial charge in [-0.15, -0.1) is 0 Å². The number of fused-ring (bicyclic) bond motifs is 1. The molecule has 0 aliphatic carbocycles. The van der Waals surface area contributed by atoms with Crippen molar-refractivity contribution in [3.05, 3.63) is 83.3 Å². The lowest BCUT2D eigenvalue weighted by molar-refractivity contribution is -0.260. The van der Waals surface area contributed by atoms with Crippen LogP contribution in [0.25, 0.3) is 16.6 Å². The van der Waals surface area contributed by atoms with Crippen molar-refractivity contribution in [3.8, 4) is 11.4 Å². The number of benzene rings is 3. The molecule has 236 valence electrons. The van der Waals surface area contributed by atoms with E-state index in [2.05, 4.69) is 15.7 Å². The number of amides is 1. The molecular formula is C33H38F4N4O3. The lowest BCUT2D eigenvalue weighted by Crippen LogP contribution is -2.53. The minimum Gasteiger partial charge on any atom is -0.496 e. The molecule has 3 N–H and O–H groups in total. The molecule has 0 bridgehead atoms. The number of hydrogen-bond donors (Lipinski definition) is 3. The molecule has 1 atom stereocenters. The highest BCUT2D eigenvalue weighted by Crippen LogP contribution is 2.44. The summed E-state index contributed by atoms with van der Waals surface area (Å²) in [5.74, 6) is -0.330. The third kappa shape index (κ3) is 6.99. The Balaban J connectivity index is 1.65. The third-order valence-electron chi connectivity index (χ3n) is 7.58. The van der Waals surface area contributed by atoms with E-state index in [0.717, 1.165) is 17.7 Å². The second-order valence-electron chi connectivity index (χ2n) is 12.2. The van der Waals surface area contributed by atoms with E-state index in [1.807, 2.05) is 19.9 Å². The van der Waals surface area contributed by atoms with Gasteiger partial charge in [0.15, 0.2) is 5.60 Å². The number of nitrogens with zero attached hydrogens (tertiary/aromatic N) is 2. The normalized spacial score (nSPS) is 13.6. The number of aliphatic hydroxyl groups is 1. The quantitative estimate of drug-likeness (QED) is 0.159. The van der Waals surface area contributed by atoms with Gasteiger partial charge in [-0.2, -0.15) is 18.3 Å². The van der Waals surface area contributed by atoms with E-state index >= 15 is 0 Å². The molecule has 1 amide bonds. The number of anilines is 1. The topological polar surface area (TPSA) is 88.4 Å². The van der Waals surface area contributed by atoms with Gasteiger partial charge >= 0.3 is 6.18 Å². The Morgan fingerprint density at radius 3 is 2.48 bits per heavy atom. The van der Waals surface area contributed by atoms with Crippen LogP contribution < -0.4 is 15.4 Å². The van der Waals surface area contributed by atoms with Crippen molar-refractivity contribution in [1.82, 2.24) is 15.1 Å². The van der Waals surface area contributed by atoms with Gasteiger partial charge in [-0.3, -0.25) is 4.79 Å². The molecule has 0 saturated heterocycles. The van der Waals surface area contributed by atoms with Crippen LogP contribution in [0, 0.1) is 18.7 Å². The number of carbonyl (C=O) groups is 1. The number of methoxy groups -OCH3 is 1. The zero-order chi connectivity index (χ0) is 32.4. The number of halogens is 4. The first-order chi connectivity index (χ1) is 20.5. The van der Waals surface area contributed by atoms with Crippen molar-refractivity contribution in [1.29, 1.82) is 0 Å². The fourth-order valence-corrected chi connectivity index (χ4v) is 5.34. The fraction of sp³-hybridized carbons (Fsp3) is 0.394. The van der Waals surface area contributed by atoms with Crippen LogP contribution in [0.3, 0.4) is 0 Å². The molecule has 1 unspecified atom stereocenters. The van der Waals surface area contributed by atoms with E-state index in [1.165, 1.54) is 33.2 Å². The maximum Gasteiger partial charge on any atom is 0.418 e. The SMILES string of the molecule is COc1ccc(F)cc1C(C)(C)CC(O)(CNc1cc(C)cc2c1cnn2-c1cccc(C(=O)NCC(C)C)c1)C(F)(F)F. The molecule has 3 aromatic carbocycles. The lowest BCUT2D eigenvalue weighted by Gasteiger charge is -2.38. The highest BCUT2D eigenvalue weighted by Gasteiger charge is 2.56.